The summed E-state index contributed by atoms with van der Waals surface area (Å²) >= 11 is 0. The number of rotatable bonds is 6. The number of benzene rings is 1. The Labute approximate surface area is 137 Å². The Morgan fingerprint density at radius 2 is 2.00 bits per heavy atom. The minimum atomic E-state index is -0.977. The van der Waals surface area contributed by atoms with E-state index in [1.54, 1.807) is 0 Å². The first kappa shape index (κ1) is 17.3. The molecule has 0 saturated heterocycles. The van der Waals surface area contributed by atoms with Crippen LogP contribution in [-0.2, 0) is 16.0 Å². The molecule has 1 amide bonds. The van der Waals surface area contributed by atoms with Gasteiger partial charge >= 0.3 is 5.97 Å². The average molecular weight is 318 g/mol. The molecule has 5 heteroatoms. The van der Waals surface area contributed by atoms with Gasteiger partial charge in [0, 0.05) is 11.7 Å². The normalized spacial score (nSPS) is 20.5. The van der Waals surface area contributed by atoms with Crippen molar-refractivity contribution in [3.63, 3.8) is 0 Å². The summed E-state index contributed by atoms with van der Waals surface area (Å²) in [5.41, 5.74) is 2.30. The summed E-state index contributed by atoms with van der Waals surface area (Å²) in [4.78, 5) is 26.1. The van der Waals surface area contributed by atoms with Crippen LogP contribution in [0.1, 0.15) is 39.7 Å². The standard InChI is InChI=1S/C18H26N2O3/c1-5-11(2)16(18(22)23)19-17(21)13(4)20-12(3)10-14-8-6-7-9-15(14)20/h6-9,11-13,16H,5,10H2,1-4H3,(H,19,21)(H,22,23). The summed E-state index contributed by atoms with van der Waals surface area (Å²) in [5, 5.41) is 12.1. The molecule has 4 unspecified atom stereocenters. The third-order valence-corrected chi connectivity index (χ3v) is 4.83. The molecule has 0 saturated carbocycles. The average Bonchev–Trinajstić information content (AvgIpc) is 2.86. The fourth-order valence-corrected chi connectivity index (χ4v) is 3.26. The van der Waals surface area contributed by atoms with E-state index in [4.69, 9.17) is 0 Å². The van der Waals surface area contributed by atoms with E-state index >= 15 is 0 Å². The predicted molar refractivity (Wildman–Crippen MR) is 90.6 cm³/mol. The van der Waals surface area contributed by atoms with Gasteiger partial charge in [-0.2, -0.15) is 0 Å². The van der Waals surface area contributed by atoms with Gasteiger partial charge < -0.3 is 15.3 Å². The van der Waals surface area contributed by atoms with E-state index in [0.717, 1.165) is 12.1 Å². The number of carbonyl (C=O) groups is 2. The highest BCUT2D eigenvalue weighted by Crippen LogP contribution is 2.33. The Morgan fingerprint density at radius 1 is 1.35 bits per heavy atom. The third-order valence-electron chi connectivity index (χ3n) is 4.83. The van der Waals surface area contributed by atoms with E-state index in [2.05, 4.69) is 23.2 Å². The van der Waals surface area contributed by atoms with Crippen molar-refractivity contribution in [2.24, 2.45) is 5.92 Å². The van der Waals surface area contributed by atoms with Crippen molar-refractivity contribution in [3.8, 4) is 0 Å². The van der Waals surface area contributed by atoms with Crippen LogP contribution < -0.4 is 10.2 Å². The second kappa shape index (κ2) is 7.02. The van der Waals surface area contributed by atoms with Crippen molar-refractivity contribution in [3.05, 3.63) is 29.8 Å². The molecule has 0 radical (unpaired) electrons. The summed E-state index contributed by atoms with van der Waals surface area (Å²) in [6.45, 7) is 7.70. The van der Waals surface area contributed by atoms with Gasteiger partial charge in [0.2, 0.25) is 5.91 Å². The van der Waals surface area contributed by atoms with Crippen LogP contribution in [-0.4, -0.2) is 35.1 Å². The lowest BCUT2D eigenvalue weighted by Crippen LogP contribution is -2.53. The van der Waals surface area contributed by atoms with E-state index < -0.39 is 18.1 Å². The number of amides is 1. The van der Waals surface area contributed by atoms with Crippen LogP contribution in [0.25, 0.3) is 0 Å². The number of aliphatic carboxylic acids is 1. The van der Waals surface area contributed by atoms with E-state index in [0.29, 0.717) is 6.42 Å². The number of carboxylic acids is 1. The van der Waals surface area contributed by atoms with Crippen LogP contribution in [0.5, 0.6) is 0 Å². The van der Waals surface area contributed by atoms with E-state index in [1.807, 2.05) is 39.0 Å². The summed E-state index contributed by atoms with van der Waals surface area (Å²) in [6, 6.07) is 7.04. The van der Waals surface area contributed by atoms with Gasteiger partial charge in [-0.25, -0.2) is 4.79 Å². The molecule has 1 heterocycles. The predicted octanol–water partition coefficient (Wildman–Crippen LogP) is 2.44. The maximum Gasteiger partial charge on any atom is 0.326 e. The van der Waals surface area contributed by atoms with Gasteiger partial charge in [0.05, 0.1) is 0 Å². The summed E-state index contributed by atoms with van der Waals surface area (Å²) in [5.74, 6) is -1.32. The highest BCUT2D eigenvalue weighted by atomic mass is 16.4. The number of fused-ring (bicyclic) bond motifs is 1. The fourth-order valence-electron chi connectivity index (χ4n) is 3.26. The maximum atomic E-state index is 12.6. The number of hydrogen-bond donors (Lipinski definition) is 2. The second-order valence-corrected chi connectivity index (χ2v) is 6.48. The van der Waals surface area contributed by atoms with Gasteiger partial charge in [0.1, 0.15) is 12.1 Å². The van der Waals surface area contributed by atoms with Crippen LogP contribution >= 0.6 is 0 Å². The van der Waals surface area contributed by atoms with Gasteiger partial charge in [-0.3, -0.25) is 4.79 Å². The van der Waals surface area contributed by atoms with E-state index in [9.17, 15) is 14.7 Å². The number of nitrogens with zero attached hydrogens (tertiary/aromatic N) is 1. The molecular formula is C18H26N2O3. The van der Waals surface area contributed by atoms with Crippen molar-refractivity contribution in [2.45, 2.75) is 58.7 Å². The van der Waals surface area contributed by atoms with Gasteiger partial charge in [-0.1, -0.05) is 38.5 Å². The first-order chi connectivity index (χ1) is 10.9. The van der Waals surface area contributed by atoms with Crippen LogP contribution in [0.4, 0.5) is 5.69 Å². The molecule has 0 fully saturated rings. The third kappa shape index (κ3) is 3.49. The van der Waals surface area contributed by atoms with Gasteiger partial charge in [0.25, 0.3) is 0 Å². The van der Waals surface area contributed by atoms with E-state index in [-0.39, 0.29) is 17.9 Å². The Morgan fingerprint density at radius 3 is 2.61 bits per heavy atom. The molecule has 2 rings (SSSR count). The Bertz CT molecular complexity index is 587. The zero-order chi connectivity index (χ0) is 17.1. The second-order valence-electron chi connectivity index (χ2n) is 6.48. The highest BCUT2D eigenvalue weighted by Gasteiger charge is 2.34. The highest BCUT2D eigenvalue weighted by molar-refractivity contribution is 5.89. The summed E-state index contributed by atoms with van der Waals surface area (Å²) in [6.07, 6.45) is 1.61. The quantitative estimate of drug-likeness (QED) is 0.845. The molecule has 0 aromatic heterocycles. The summed E-state index contributed by atoms with van der Waals surface area (Å²) in [7, 11) is 0. The molecule has 5 nitrogen and oxygen atoms in total. The minimum absolute atomic E-state index is 0.105. The molecule has 2 N–H and O–H groups in total. The van der Waals surface area contributed by atoms with Crippen LogP contribution in [0, 0.1) is 5.92 Å². The van der Waals surface area contributed by atoms with Crippen LogP contribution in [0.15, 0.2) is 24.3 Å². The summed E-state index contributed by atoms with van der Waals surface area (Å²) < 4.78 is 0. The smallest absolute Gasteiger partial charge is 0.326 e. The topological polar surface area (TPSA) is 69.6 Å². The molecule has 4 atom stereocenters. The Kier molecular flexibility index (Phi) is 5.29. The molecular weight excluding hydrogens is 292 g/mol. The number of nitrogens with one attached hydrogen (secondary N) is 1. The van der Waals surface area contributed by atoms with Crippen molar-refractivity contribution in [1.82, 2.24) is 5.32 Å². The first-order valence-corrected chi connectivity index (χ1v) is 8.26. The lowest BCUT2D eigenvalue weighted by molar-refractivity contribution is -0.143. The molecule has 0 aliphatic carbocycles. The van der Waals surface area contributed by atoms with Crippen LogP contribution in [0.2, 0.25) is 0 Å². The largest absolute Gasteiger partial charge is 0.480 e. The number of para-hydroxylation sites is 1. The molecule has 126 valence electrons. The van der Waals surface area contributed by atoms with Gasteiger partial charge in [0.15, 0.2) is 0 Å². The molecule has 23 heavy (non-hydrogen) atoms. The van der Waals surface area contributed by atoms with Gasteiger partial charge in [-0.15, -0.1) is 0 Å². The van der Waals surface area contributed by atoms with Crippen molar-refractivity contribution in [2.75, 3.05) is 4.90 Å². The minimum Gasteiger partial charge on any atom is -0.480 e. The number of carboxylic acid groups (broad SMARTS) is 1. The molecule has 1 aromatic carbocycles. The van der Waals surface area contributed by atoms with E-state index in [1.165, 1.54) is 5.56 Å². The first-order valence-electron chi connectivity index (χ1n) is 8.26. The van der Waals surface area contributed by atoms with Crippen molar-refractivity contribution >= 4 is 17.6 Å². The Balaban J connectivity index is 2.15. The maximum absolute atomic E-state index is 12.6. The molecule has 0 spiro atoms. The van der Waals surface area contributed by atoms with Gasteiger partial charge in [-0.05, 0) is 37.8 Å². The lowest BCUT2D eigenvalue weighted by Gasteiger charge is -2.32. The number of carbonyl (C=O) groups excluding carboxylic acids is 1. The SMILES string of the molecule is CCC(C)C(NC(=O)C(C)N1c2ccccc2CC1C)C(=O)O. The molecule has 0 bridgehead atoms. The van der Waals surface area contributed by atoms with Crippen molar-refractivity contribution in [1.29, 1.82) is 0 Å². The van der Waals surface area contributed by atoms with Crippen LogP contribution in [0.3, 0.4) is 0 Å². The zero-order valence-corrected chi connectivity index (χ0v) is 14.2. The molecule has 1 aliphatic heterocycles. The number of hydrogen-bond acceptors (Lipinski definition) is 3. The monoisotopic (exact) mass is 318 g/mol. The molecule has 1 aromatic rings. The fraction of sp³-hybridized carbons (Fsp3) is 0.556. The molecule has 1 aliphatic rings. The van der Waals surface area contributed by atoms with Crippen molar-refractivity contribution < 1.29 is 14.7 Å². The lowest BCUT2D eigenvalue weighted by atomic mass is 9.99. The Hall–Kier alpha value is -2.04. The number of anilines is 1. The zero-order valence-electron chi connectivity index (χ0n) is 14.2.